The van der Waals surface area contributed by atoms with Gasteiger partial charge in [0.05, 0.1) is 26.4 Å². The van der Waals surface area contributed by atoms with Crippen LogP contribution in [0.5, 0.6) is 5.75 Å². The number of guanidine groups is 1. The number of morpholine rings is 1. The van der Waals surface area contributed by atoms with E-state index < -0.39 is 0 Å². The maximum Gasteiger partial charge on any atom is 0.257 e. The zero-order valence-electron chi connectivity index (χ0n) is 18.6. The molecule has 1 saturated heterocycles. The highest BCUT2D eigenvalue weighted by Gasteiger charge is 2.12. The molecule has 0 radical (unpaired) electrons. The van der Waals surface area contributed by atoms with Crippen LogP contribution in [0.1, 0.15) is 28.4 Å². The summed E-state index contributed by atoms with van der Waals surface area (Å²) >= 11 is 0. The first-order chi connectivity index (χ1) is 15.0. The van der Waals surface area contributed by atoms with E-state index in [1.807, 2.05) is 26.0 Å². The minimum Gasteiger partial charge on any atom is -0.494 e. The quantitative estimate of drug-likeness (QED) is 0.527. The van der Waals surface area contributed by atoms with Crippen LogP contribution in [0.2, 0.25) is 0 Å². The van der Waals surface area contributed by atoms with E-state index in [9.17, 15) is 4.79 Å². The van der Waals surface area contributed by atoms with Crippen LogP contribution in [-0.2, 0) is 4.74 Å². The molecule has 0 aromatic heterocycles. The molecule has 0 saturated carbocycles. The van der Waals surface area contributed by atoms with Crippen molar-refractivity contribution in [2.75, 3.05) is 51.3 Å². The van der Waals surface area contributed by atoms with Crippen LogP contribution in [0.3, 0.4) is 0 Å². The van der Waals surface area contributed by atoms with Gasteiger partial charge in [-0.3, -0.25) is 20.0 Å². The van der Waals surface area contributed by atoms with Crippen molar-refractivity contribution in [1.29, 1.82) is 0 Å². The Labute approximate surface area is 184 Å². The number of aliphatic imine (C=N–C) groups is 1. The van der Waals surface area contributed by atoms with Crippen molar-refractivity contribution in [2.45, 2.75) is 20.8 Å². The van der Waals surface area contributed by atoms with Gasteiger partial charge in [-0.15, -0.1) is 0 Å². The normalized spacial score (nSPS) is 14.9. The molecule has 1 amide bonds. The summed E-state index contributed by atoms with van der Waals surface area (Å²) in [6.45, 7) is 11.3. The van der Waals surface area contributed by atoms with Gasteiger partial charge in [-0.05, 0) is 56.7 Å². The second kappa shape index (κ2) is 11.5. The lowest BCUT2D eigenvalue weighted by Gasteiger charge is -2.25. The highest BCUT2D eigenvalue weighted by Crippen LogP contribution is 2.16. The highest BCUT2D eigenvalue weighted by molar-refractivity contribution is 6.10. The average Bonchev–Trinajstić information content (AvgIpc) is 2.77. The summed E-state index contributed by atoms with van der Waals surface area (Å²) in [4.78, 5) is 19.8. The Morgan fingerprint density at radius 1 is 1.13 bits per heavy atom. The standard InChI is InChI=1S/C24H32N4O3/c1-4-31-21-8-6-20(7-9-21)23(29)27-24(25-11-12-28-13-15-30-16-14-28)26-22-10-5-18(2)17-19(22)3/h5-10,17H,4,11-16H2,1-3H3,(H2,25,26,27,29). The van der Waals surface area contributed by atoms with Gasteiger partial charge in [-0.1, -0.05) is 17.7 Å². The van der Waals surface area contributed by atoms with Crippen LogP contribution in [0.4, 0.5) is 5.69 Å². The fourth-order valence-electron chi connectivity index (χ4n) is 3.37. The summed E-state index contributed by atoms with van der Waals surface area (Å²) in [5.74, 6) is 0.969. The summed E-state index contributed by atoms with van der Waals surface area (Å²) in [7, 11) is 0. The molecule has 0 unspecified atom stereocenters. The molecule has 2 aromatic rings. The van der Waals surface area contributed by atoms with Gasteiger partial charge in [-0.25, -0.2) is 0 Å². The maximum absolute atomic E-state index is 12.8. The summed E-state index contributed by atoms with van der Waals surface area (Å²) in [5, 5.41) is 6.22. The van der Waals surface area contributed by atoms with Crippen molar-refractivity contribution < 1.29 is 14.3 Å². The number of nitrogens with zero attached hydrogens (tertiary/aromatic N) is 2. The Bertz CT molecular complexity index is 890. The van der Waals surface area contributed by atoms with Crippen LogP contribution in [-0.4, -0.2) is 62.8 Å². The number of benzene rings is 2. The van der Waals surface area contributed by atoms with Gasteiger partial charge in [0.15, 0.2) is 0 Å². The second-order valence-electron chi connectivity index (χ2n) is 7.54. The van der Waals surface area contributed by atoms with Gasteiger partial charge in [0, 0.05) is 30.9 Å². The highest BCUT2D eigenvalue weighted by atomic mass is 16.5. The molecule has 1 fully saturated rings. The molecule has 0 aliphatic carbocycles. The molecule has 7 heteroatoms. The molecular weight excluding hydrogens is 392 g/mol. The number of ether oxygens (including phenoxy) is 2. The van der Waals surface area contributed by atoms with Crippen LogP contribution >= 0.6 is 0 Å². The Kier molecular flexibility index (Phi) is 8.44. The van der Waals surface area contributed by atoms with E-state index in [1.54, 1.807) is 24.3 Å². The van der Waals surface area contributed by atoms with E-state index in [0.717, 1.165) is 49.8 Å². The number of aryl methyl sites for hydroxylation is 2. The number of hydrogen-bond donors (Lipinski definition) is 2. The summed E-state index contributed by atoms with van der Waals surface area (Å²) in [6.07, 6.45) is 0. The number of anilines is 1. The molecule has 0 bridgehead atoms. The van der Waals surface area contributed by atoms with Gasteiger partial charge in [-0.2, -0.15) is 0 Å². The lowest BCUT2D eigenvalue weighted by atomic mass is 10.1. The molecule has 1 heterocycles. The van der Waals surface area contributed by atoms with Crippen molar-refractivity contribution in [3.8, 4) is 5.75 Å². The Morgan fingerprint density at radius 2 is 1.87 bits per heavy atom. The van der Waals surface area contributed by atoms with Gasteiger partial charge in [0.1, 0.15) is 5.75 Å². The lowest BCUT2D eigenvalue weighted by Crippen LogP contribution is -2.39. The van der Waals surface area contributed by atoms with E-state index in [2.05, 4.69) is 33.5 Å². The average molecular weight is 425 g/mol. The maximum atomic E-state index is 12.8. The number of nitrogens with one attached hydrogen (secondary N) is 2. The van der Waals surface area contributed by atoms with Gasteiger partial charge >= 0.3 is 0 Å². The monoisotopic (exact) mass is 424 g/mol. The number of hydrogen-bond acceptors (Lipinski definition) is 5. The first kappa shape index (κ1) is 22.8. The van der Waals surface area contributed by atoms with Crippen molar-refractivity contribution in [2.24, 2.45) is 4.99 Å². The third kappa shape index (κ3) is 7.08. The molecule has 0 spiro atoms. The molecule has 166 valence electrons. The zero-order valence-corrected chi connectivity index (χ0v) is 18.6. The summed E-state index contributed by atoms with van der Waals surface area (Å²) in [6, 6.07) is 13.2. The van der Waals surface area contributed by atoms with Crippen molar-refractivity contribution in [1.82, 2.24) is 10.2 Å². The Balaban J connectivity index is 1.70. The number of rotatable bonds is 7. The molecular formula is C24H32N4O3. The lowest BCUT2D eigenvalue weighted by molar-refractivity contribution is 0.0394. The molecule has 7 nitrogen and oxygen atoms in total. The smallest absolute Gasteiger partial charge is 0.257 e. The predicted molar refractivity (Wildman–Crippen MR) is 124 cm³/mol. The second-order valence-corrected chi connectivity index (χ2v) is 7.54. The molecule has 2 aromatic carbocycles. The topological polar surface area (TPSA) is 75.2 Å². The SMILES string of the molecule is CCOc1ccc(C(=O)NC(=NCCN2CCOCC2)Nc2ccc(C)cc2C)cc1. The van der Waals surface area contributed by atoms with Crippen molar-refractivity contribution in [3.05, 3.63) is 59.2 Å². The summed E-state index contributed by atoms with van der Waals surface area (Å²) < 4.78 is 10.9. The van der Waals surface area contributed by atoms with E-state index in [0.29, 0.717) is 24.7 Å². The summed E-state index contributed by atoms with van der Waals surface area (Å²) in [5.41, 5.74) is 3.75. The third-order valence-corrected chi connectivity index (χ3v) is 5.08. The predicted octanol–water partition coefficient (Wildman–Crippen LogP) is 3.23. The Hall–Kier alpha value is -2.90. The van der Waals surface area contributed by atoms with Crippen LogP contribution in [0.15, 0.2) is 47.5 Å². The molecule has 2 N–H and O–H groups in total. The minimum atomic E-state index is -0.217. The molecule has 0 atom stereocenters. The van der Waals surface area contributed by atoms with E-state index in [-0.39, 0.29) is 5.91 Å². The fraction of sp³-hybridized carbons (Fsp3) is 0.417. The first-order valence-electron chi connectivity index (χ1n) is 10.8. The minimum absolute atomic E-state index is 0.217. The van der Waals surface area contributed by atoms with E-state index in [4.69, 9.17) is 9.47 Å². The molecule has 1 aliphatic rings. The molecule has 31 heavy (non-hydrogen) atoms. The molecule has 1 aliphatic heterocycles. The van der Waals surface area contributed by atoms with Gasteiger partial charge in [0.25, 0.3) is 5.91 Å². The number of amides is 1. The Morgan fingerprint density at radius 3 is 2.55 bits per heavy atom. The van der Waals surface area contributed by atoms with Crippen molar-refractivity contribution >= 4 is 17.6 Å². The fourth-order valence-corrected chi connectivity index (χ4v) is 3.37. The van der Waals surface area contributed by atoms with E-state index >= 15 is 0 Å². The first-order valence-corrected chi connectivity index (χ1v) is 10.8. The van der Waals surface area contributed by atoms with Crippen LogP contribution < -0.4 is 15.4 Å². The number of carbonyl (C=O) groups is 1. The van der Waals surface area contributed by atoms with Crippen molar-refractivity contribution in [3.63, 3.8) is 0 Å². The largest absolute Gasteiger partial charge is 0.494 e. The van der Waals surface area contributed by atoms with E-state index in [1.165, 1.54) is 5.56 Å². The zero-order chi connectivity index (χ0) is 22.1. The van der Waals surface area contributed by atoms with Crippen LogP contribution in [0.25, 0.3) is 0 Å². The van der Waals surface area contributed by atoms with Crippen LogP contribution in [0, 0.1) is 13.8 Å². The number of carbonyl (C=O) groups excluding carboxylic acids is 1. The third-order valence-electron chi connectivity index (χ3n) is 5.08. The van der Waals surface area contributed by atoms with Gasteiger partial charge in [0.2, 0.25) is 5.96 Å². The van der Waals surface area contributed by atoms with Gasteiger partial charge < -0.3 is 14.8 Å². The molecule has 3 rings (SSSR count).